The molecule has 1 fully saturated rings. The van der Waals surface area contributed by atoms with E-state index >= 15 is 0 Å². The van der Waals surface area contributed by atoms with Gasteiger partial charge in [0.2, 0.25) is 0 Å². The lowest BCUT2D eigenvalue weighted by molar-refractivity contribution is -0.0473. The summed E-state index contributed by atoms with van der Waals surface area (Å²) in [6.45, 7) is 7.20. The van der Waals surface area contributed by atoms with E-state index in [-0.39, 0.29) is 5.41 Å². The van der Waals surface area contributed by atoms with E-state index in [0.717, 1.165) is 44.7 Å². The van der Waals surface area contributed by atoms with Crippen molar-refractivity contribution in [2.75, 3.05) is 39.3 Å². The molecule has 0 saturated carbocycles. The van der Waals surface area contributed by atoms with Crippen LogP contribution in [0.4, 0.5) is 5.69 Å². The van der Waals surface area contributed by atoms with Gasteiger partial charge >= 0.3 is 0 Å². The standard InChI is InChI=1S/C26H38N2O2/c1-20(2)25-18-26(15-17-30-25,23-8-6-7-9-24(23)29-5)14-16-27-19-21-10-12-22(13-11-21)28(3)4/h6-13,20,25,27H,14-19H2,1-5H3/t25-,26+/m1/s1. The van der Waals surface area contributed by atoms with E-state index in [1.54, 1.807) is 7.11 Å². The summed E-state index contributed by atoms with van der Waals surface area (Å²) in [4.78, 5) is 2.13. The zero-order chi connectivity index (χ0) is 21.6. The number of nitrogens with zero attached hydrogens (tertiary/aromatic N) is 1. The fraction of sp³-hybridized carbons (Fsp3) is 0.538. The van der Waals surface area contributed by atoms with Crippen molar-refractivity contribution in [3.63, 3.8) is 0 Å². The van der Waals surface area contributed by atoms with E-state index in [9.17, 15) is 0 Å². The van der Waals surface area contributed by atoms with Crippen LogP contribution in [0.2, 0.25) is 0 Å². The lowest BCUT2D eigenvalue weighted by atomic mass is 9.68. The van der Waals surface area contributed by atoms with Crippen LogP contribution in [-0.4, -0.2) is 40.5 Å². The molecule has 164 valence electrons. The van der Waals surface area contributed by atoms with Gasteiger partial charge in [0.1, 0.15) is 5.75 Å². The maximum absolute atomic E-state index is 6.13. The number of methoxy groups -OCH3 is 1. The SMILES string of the molecule is COc1ccccc1[C@@]1(CCNCc2ccc(N(C)C)cc2)CCO[C@@H](C(C)C)C1. The molecular formula is C26H38N2O2. The predicted octanol–water partition coefficient (Wildman–Crippen LogP) is 5.01. The molecule has 3 rings (SSSR count). The average molecular weight is 411 g/mol. The third-order valence-electron chi connectivity index (χ3n) is 6.49. The lowest BCUT2D eigenvalue weighted by Gasteiger charge is -2.43. The Labute approximate surface area is 182 Å². The number of rotatable bonds is 9. The molecule has 1 saturated heterocycles. The van der Waals surface area contributed by atoms with Crippen LogP contribution in [0.1, 0.15) is 44.2 Å². The van der Waals surface area contributed by atoms with Crippen molar-refractivity contribution in [1.82, 2.24) is 5.32 Å². The molecule has 4 heteroatoms. The average Bonchev–Trinajstić information content (AvgIpc) is 2.77. The van der Waals surface area contributed by atoms with Crippen molar-refractivity contribution in [3.8, 4) is 5.75 Å². The van der Waals surface area contributed by atoms with Crippen molar-refractivity contribution >= 4 is 5.69 Å². The first-order chi connectivity index (χ1) is 14.4. The third kappa shape index (κ3) is 5.35. The molecule has 4 nitrogen and oxygen atoms in total. The largest absolute Gasteiger partial charge is 0.496 e. The van der Waals surface area contributed by atoms with E-state index < -0.39 is 0 Å². The van der Waals surface area contributed by atoms with Gasteiger partial charge in [-0.3, -0.25) is 0 Å². The molecule has 2 aromatic rings. The van der Waals surface area contributed by atoms with Crippen LogP contribution in [-0.2, 0) is 16.7 Å². The van der Waals surface area contributed by atoms with Crippen LogP contribution in [0.25, 0.3) is 0 Å². The van der Waals surface area contributed by atoms with E-state index in [2.05, 4.69) is 86.7 Å². The summed E-state index contributed by atoms with van der Waals surface area (Å²) in [5.41, 5.74) is 3.97. The van der Waals surface area contributed by atoms with Gasteiger partial charge in [-0.25, -0.2) is 0 Å². The van der Waals surface area contributed by atoms with Crippen LogP contribution >= 0.6 is 0 Å². The van der Waals surface area contributed by atoms with Crippen molar-refractivity contribution < 1.29 is 9.47 Å². The van der Waals surface area contributed by atoms with E-state index in [1.807, 2.05) is 0 Å². The molecule has 0 amide bonds. The van der Waals surface area contributed by atoms with Gasteiger partial charge in [0.05, 0.1) is 13.2 Å². The molecule has 0 bridgehead atoms. The monoisotopic (exact) mass is 410 g/mol. The quantitative estimate of drug-likeness (QED) is 0.589. The second-order valence-electron chi connectivity index (χ2n) is 9.08. The van der Waals surface area contributed by atoms with Crippen LogP contribution in [0.15, 0.2) is 48.5 Å². The van der Waals surface area contributed by atoms with Gasteiger partial charge in [0, 0.05) is 43.9 Å². The Balaban J connectivity index is 1.70. The van der Waals surface area contributed by atoms with Crippen LogP contribution < -0.4 is 15.0 Å². The van der Waals surface area contributed by atoms with Crippen LogP contribution in [0.3, 0.4) is 0 Å². The summed E-state index contributed by atoms with van der Waals surface area (Å²) in [7, 11) is 5.92. The predicted molar refractivity (Wildman–Crippen MR) is 126 cm³/mol. The van der Waals surface area contributed by atoms with Crippen LogP contribution in [0, 0.1) is 5.92 Å². The summed E-state index contributed by atoms with van der Waals surface area (Å²) in [6.07, 6.45) is 3.46. The highest BCUT2D eigenvalue weighted by Gasteiger charge is 2.40. The summed E-state index contributed by atoms with van der Waals surface area (Å²) in [5, 5.41) is 3.68. The number of benzene rings is 2. The first-order valence-corrected chi connectivity index (χ1v) is 11.2. The highest BCUT2D eigenvalue weighted by molar-refractivity contribution is 5.46. The second-order valence-corrected chi connectivity index (χ2v) is 9.08. The molecule has 2 atom stereocenters. The molecular weight excluding hydrogens is 372 g/mol. The maximum Gasteiger partial charge on any atom is 0.122 e. The third-order valence-corrected chi connectivity index (χ3v) is 6.49. The van der Waals surface area contributed by atoms with Gasteiger partial charge in [0.25, 0.3) is 0 Å². The van der Waals surface area contributed by atoms with Gasteiger partial charge < -0.3 is 19.7 Å². The minimum atomic E-state index is 0.0849. The Morgan fingerprint density at radius 3 is 2.53 bits per heavy atom. The zero-order valence-electron chi connectivity index (χ0n) is 19.3. The lowest BCUT2D eigenvalue weighted by Crippen LogP contribution is -2.42. The Kier molecular flexibility index (Phi) is 7.79. The second kappa shape index (κ2) is 10.3. The molecule has 0 aliphatic carbocycles. The molecule has 1 N–H and O–H groups in total. The first-order valence-electron chi connectivity index (χ1n) is 11.2. The highest BCUT2D eigenvalue weighted by Crippen LogP contribution is 2.45. The van der Waals surface area contributed by atoms with E-state index in [0.29, 0.717) is 12.0 Å². The molecule has 0 aromatic heterocycles. The Hall–Kier alpha value is -2.04. The van der Waals surface area contributed by atoms with Gasteiger partial charge in [-0.2, -0.15) is 0 Å². The van der Waals surface area contributed by atoms with Crippen molar-refractivity contribution in [2.24, 2.45) is 5.92 Å². The molecule has 2 aromatic carbocycles. The normalized spacial score (nSPS) is 21.6. The summed E-state index contributed by atoms with van der Waals surface area (Å²) in [5.74, 6) is 1.52. The minimum Gasteiger partial charge on any atom is -0.496 e. The van der Waals surface area contributed by atoms with Gasteiger partial charge in [-0.05, 0) is 55.5 Å². The number of hydrogen-bond acceptors (Lipinski definition) is 4. The van der Waals surface area contributed by atoms with Crippen molar-refractivity contribution in [2.45, 2.75) is 51.2 Å². The number of anilines is 1. The van der Waals surface area contributed by atoms with Crippen molar-refractivity contribution in [3.05, 3.63) is 59.7 Å². The van der Waals surface area contributed by atoms with E-state index in [1.165, 1.54) is 16.8 Å². The van der Waals surface area contributed by atoms with Gasteiger partial charge in [-0.15, -0.1) is 0 Å². The van der Waals surface area contributed by atoms with Gasteiger partial charge in [-0.1, -0.05) is 44.2 Å². The smallest absolute Gasteiger partial charge is 0.122 e. The Bertz CT molecular complexity index is 788. The summed E-state index contributed by atoms with van der Waals surface area (Å²) in [6, 6.07) is 17.3. The summed E-state index contributed by atoms with van der Waals surface area (Å²) >= 11 is 0. The Morgan fingerprint density at radius 2 is 1.87 bits per heavy atom. The number of ether oxygens (including phenoxy) is 2. The van der Waals surface area contributed by atoms with Crippen molar-refractivity contribution in [1.29, 1.82) is 0 Å². The fourth-order valence-electron chi connectivity index (χ4n) is 4.54. The molecule has 0 spiro atoms. The van der Waals surface area contributed by atoms with E-state index in [4.69, 9.17) is 9.47 Å². The molecule has 1 heterocycles. The Morgan fingerprint density at radius 1 is 1.13 bits per heavy atom. The molecule has 1 aliphatic heterocycles. The molecule has 0 radical (unpaired) electrons. The molecule has 0 unspecified atom stereocenters. The summed E-state index contributed by atoms with van der Waals surface area (Å²) < 4.78 is 11.9. The number of hydrogen-bond donors (Lipinski definition) is 1. The van der Waals surface area contributed by atoms with Gasteiger partial charge in [0.15, 0.2) is 0 Å². The topological polar surface area (TPSA) is 33.7 Å². The number of nitrogens with one attached hydrogen (secondary N) is 1. The molecule has 30 heavy (non-hydrogen) atoms. The zero-order valence-corrected chi connectivity index (χ0v) is 19.3. The molecule has 1 aliphatic rings. The maximum atomic E-state index is 6.13. The van der Waals surface area contributed by atoms with Crippen LogP contribution in [0.5, 0.6) is 5.75 Å². The first kappa shape index (κ1) is 22.6. The fourth-order valence-corrected chi connectivity index (χ4v) is 4.54. The number of para-hydroxylation sites is 1. The highest BCUT2D eigenvalue weighted by atomic mass is 16.5. The minimum absolute atomic E-state index is 0.0849.